The van der Waals surface area contributed by atoms with E-state index in [4.69, 9.17) is 4.74 Å². The van der Waals surface area contributed by atoms with Gasteiger partial charge in [-0.2, -0.15) is 0 Å². The van der Waals surface area contributed by atoms with E-state index in [2.05, 4.69) is 0 Å². The summed E-state index contributed by atoms with van der Waals surface area (Å²) < 4.78 is 17.9. The van der Waals surface area contributed by atoms with E-state index < -0.39 is 0 Å². The molecule has 2 heteroatoms. The molecule has 1 aliphatic heterocycles. The molecule has 0 N–H and O–H groups in total. The van der Waals surface area contributed by atoms with Gasteiger partial charge in [0, 0.05) is 13.2 Å². The molecule has 0 radical (unpaired) electrons. The molecule has 1 fully saturated rings. The Kier molecular flexibility index (Phi) is 2.60. The number of ether oxygens (including phenoxy) is 1. The maximum atomic E-state index is 12.6. The zero-order chi connectivity index (χ0) is 9.10. The summed E-state index contributed by atoms with van der Waals surface area (Å²) in [4.78, 5) is 0. The average Bonchev–Trinajstić information content (AvgIpc) is 2.20. The highest BCUT2D eigenvalue weighted by molar-refractivity contribution is 5.20. The summed E-state index contributed by atoms with van der Waals surface area (Å²) >= 11 is 0. The van der Waals surface area contributed by atoms with Crippen molar-refractivity contribution in [3.63, 3.8) is 0 Å². The molecule has 0 unspecified atom stereocenters. The first-order valence-corrected chi connectivity index (χ1v) is 4.69. The molecule has 0 atom stereocenters. The second-order valence-corrected chi connectivity index (χ2v) is 3.44. The van der Waals surface area contributed by atoms with Gasteiger partial charge in [-0.25, -0.2) is 4.39 Å². The average molecular weight is 180 g/mol. The van der Waals surface area contributed by atoms with Crippen LogP contribution in [0.15, 0.2) is 24.3 Å². The van der Waals surface area contributed by atoms with E-state index in [1.807, 2.05) is 12.1 Å². The van der Waals surface area contributed by atoms with Crippen molar-refractivity contribution in [1.82, 2.24) is 0 Å². The smallest absolute Gasteiger partial charge is 0.123 e. The van der Waals surface area contributed by atoms with Gasteiger partial charge in [-0.15, -0.1) is 0 Å². The van der Waals surface area contributed by atoms with E-state index in [0.717, 1.165) is 26.1 Å². The van der Waals surface area contributed by atoms with Crippen LogP contribution < -0.4 is 0 Å². The summed E-state index contributed by atoms with van der Waals surface area (Å²) in [6, 6.07) is 6.83. The normalized spacial score (nSPS) is 18.8. The van der Waals surface area contributed by atoms with Crippen LogP contribution >= 0.6 is 0 Å². The van der Waals surface area contributed by atoms with Crippen LogP contribution in [0.3, 0.4) is 0 Å². The Hall–Kier alpha value is -0.890. The topological polar surface area (TPSA) is 9.23 Å². The van der Waals surface area contributed by atoms with Crippen molar-refractivity contribution in [3.05, 3.63) is 35.6 Å². The van der Waals surface area contributed by atoms with Gasteiger partial charge in [0.15, 0.2) is 0 Å². The maximum Gasteiger partial charge on any atom is 0.123 e. The first-order valence-electron chi connectivity index (χ1n) is 4.69. The first kappa shape index (κ1) is 8.70. The fraction of sp³-hybridized carbons (Fsp3) is 0.455. The van der Waals surface area contributed by atoms with Gasteiger partial charge in [-0.1, -0.05) is 12.1 Å². The number of hydrogen-bond acceptors (Lipinski definition) is 1. The summed E-state index contributed by atoms with van der Waals surface area (Å²) in [6.07, 6.45) is 2.12. The first-order chi connectivity index (χ1) is 6.36. The molecule has 13 heavy (non-hydrogen) atoms. The van der Waals surface area contributed by atoms with E-state index >= 15 is 0 Å². The van der Waals surface area contributed by atoms with Crippen LogP contribution in [0.25, 0.3) is 0 Å². The molecule has 0 spiro atoms. The van der Waals surface area contributed by atoms with Crippen LogP contribution in [0.5, 0.6) is 0 Å². The lowest BCUT2D eigenvalue weighted by Gasteiger charge is -2.22. The molecule has 1 aliphatic rings. The lowest BCUT2D eigenvalue weighted by atomic mass is 9.92. The summed E-state index contributed by atoms with van der Waals surface area (Å²) in [5.74, 6) is 0.408. The van der Waals surface area contributed by atoms with Crippen molar-refractivity contribution in [2.24, 2.45) is 0 Å². The van der Waals surface area contributed by atoms with Crippen LogP contribution in [0.4, 0.5) is 4.39 Å². The lowest BCUT2D eigenvalue weighted by molar-refractivity contribution is 0.0853. The fourth-order valence-corrected chi connectivity index (χ4v) is 1.77. The summed E-state index contributed by atoms with van der Waals surface area (Å²) in [6.45, 7) is 1.67. The molecule has 1 saturated heterocycles. The van der Waals surface area contributed by atoms with Gasteiger partial charge in [0.1, 0.15) is 5.82 Å². The molecular formula is C11H13FO. The molecule has 1 aromatic carbocycles. The van der Waals surface area contributed by atoms with Crippen molar-refractivity contribution in [2.45, 2.75) is 18.8 Å². The van der Waals surface area contributed by atoms with Gasteiger partial charge in [0.2, 0.25) is 0 Å². The number of hydrogen-bond donors (Lipinski definition) is 0. The molecule has 1 aromatic rings. The molecule has 0 aliphatic carbocycles. The van der Waals surface area contributed by atoms with Crippen LogP contribution in [-0.4, -0.2) is 13.2 Å². The standard InChI is InChI=1S/C11H13FO/c12-11-3-1-9(2-4-11)10-5-7-13-8-6-10/h1-4,10H,5-8H2. The Labute approximate surface area is 77.5 Å². The SMILES string of the molecule is Fc1ccc(C2CCOCC2)cc1. The largest absolute Gasteiger partial charge is 0.381 e. The van der Waals surface area contributed by atoms with Crippen LogP contribution in [0.2, 0.25) is 0 Å². The van der Waals surface area contributed by atoms with Gasteiger partial charge in [-0.3, -0.25) is 0 Å². The van der Waals surface area contributed by atoms with Gasteiger partial charge in [0.25, 0.3) is 0 Å². The quantitative estimate of drug-likeness (QED) is 0.645. The van der Waals surface area contributed by atoms with Crippen LogP contribution in [0, 0.1) is 5.82 Å². The van der Waals surface area contributed by atoms with Gasteiger partial charge in [-0.05, 0) is 36.5 Å². The van der Waals surface area contributed by atoms with Gasteiger partial charge < -0.3 is 4.74 Å². The second kappa shape index (κ2) is 3.88. The fourth-order valence-electron chi connectivity index (χ4n) is 1.77. The van der Waals surface area contributed by atoms with Crippen molar-refractivity contribution < 1.29 is 9.13 Å². The number of rotatable bonds is 1. The van der Waals surface area contributed by atoms with E-state index in [-0.39, 0.29) is 5.82 Å². The van der Waals surface area contributed by atoms with E-state index in [1.54, 1.807) is 0 Å². The summed E-state index contributed by atoms with van der Waals surface area (Å²) in [5, 5.41) is 0. The summed E-state index contributed by atoms with van der Waals surface area (Å²) in [5.41, 5.74) is 1.24. The van der Waals surface area contributed by atoms with Crippen molar-refractivity contribution in [2.75, 3.05) is 13.2 Å². The molecule has 1 heterocycles. The summed E-state index contributed by atoms with van der Waals surface area (Å²) in [7, 11) is 0. The minimum absolute atomic E-state index is 0.157. The Morgan fingerprint density at radius 1 is 1.08 bits per heavy atom. The zero-order valence-corrected chi connectivity index (χ0v) is 7.50. The highest BCUT2D eigenvalue weighted by atomic mass is 19.1. The molecule has 2 rings (SSSR count). The van der Waals surface area contributed by atoms with Gasteiger partial charge >= 0.3 is 0 Å². The van der Waals surface area contributed by atoms with E-state index in [1.165, 1.54) is 17.7 Å². The number of benzene rings is 1. The van der Waals surface area contributed by atoms with Crippen molar-refractivity contribution >= 4 is 0 Å². The van der Waals surface area contributed by atoms with Gasteiger partial charge in [0.05, 0.1) is 0 Å². The van der Waals surface area contributed by atoms with E-state index in [9.17, 15) is 4.39 Å². The molecule has 1 nitrogen and oxygen atoms in total. The third-order valence-corrected chi connectivity index (χ3v) is 2.56. The van der Waals surface area contributed by atoms with E-state index in [0.29, 0.717) is 5.92 Å². The number of halogens is 1. The zero-order valence-electron chi connectivity index (χ0n) is 7.50. The minimum Gasteiger partial charge on any atom is -0.381 e. The minimum atomic E-state index is -0.157. The van der Waals surface area contributed by atoms with Crippen LogP contribution in [-0.2, 0) is 4.74 Å². The Morgan fingerprint density at radius 2 is 1.69 bits per heavy atom. The Morgan fingerprint density at radius 3 is 2.31 bits per heavy atom. The third kappa shape index (κ3) is 2.07. The molecule has 0 saturated carbocycles. The van der Waals surface area contributed by atoms with Crippen molar-refractivity contribution in [3.8, 4) is 0 Å². The third-order valence-electron chi connectivity index (χ3n) is 2.56. The highest BCUT2D eigenvalue weighted by Gasteiger charge is 2.15. The lowest BCUT2D eigenvalue weighted by Crippen LogP contribution is -2.13. The maximum absolute atomic E-state index is 12.6. The predicted octanol–water partition coefficient (Wildman–Crippen LogP) is 2.72. The molecule has 0 bridgehead atoms. The second-order valence-electron chi connectivity index (χ2n) is 3.44. The molecular weight excluding hydrogens is 167 g/mol. The Bertz CT molecular complexity index is 262. The predicted molar refractivity (Wildman–Crippen MR) is 49.2 cm³/mol. The highest BCUT2D eigenvalue weighted by Crippen LogP contribution is 2.26. The molecule has 0 amide bonds. The molecule has 0 aromatic heterocycles. The van der Waals surface area contributed by atoms with Crippen molar-refractivity contribution in [1.29, 1.82) is 0 Å². The monoisotopic (exact) mass is 180 g/mol. The molecule has 70 valence electrons. The van der Waals surface area contributed by atoms with Crippen LogP contribution in [0.1, 0.15) is 24.3 Å². The Balaban J connectivity index is 2.10.